The van der Waals surface area contributed by atoms with Gasteiger partial charge in [-0.25, -0.2) is 0 Å². The van der Waals surface area contributed by atoms with Gasteiger partial charge < -0.3 is 16.4 Å². The minimum absolute atomic E-state index is 0.590. The summed E-state index contributed by atoms with van der Waals surface area (Å²) in [4.78, 5) is 2.43. The molecule has 1 aliphatic rings. The van der Waals surface area contributed by atoms with Crippen LogP contribution in [0.1, 0.15) is 26.7 Å². The minimum atomic E-state index is 0.590. The van der Waals surface area contributed by atoms with E-state index in [1.54, 1.807) is 0 Å². The van der Waals surface area contributed by atoms with Crippen molar-refractivity contribution in [2.75, 3.05) is 22.9 Å². The number of nitrogens with zero attached hydrogens (tertiary/aromatic N) is 1. The largest absolute Gasteiger partial charge is 0.397 e. The second-order valence-corrected chi connectivity index (χ2v) is 4.99. The Bertz CT molecular complexity index is 375. The molecule has 0 radical (unpaired) electrons. The maximum absolute atomic E-state index is 5.85. The van der Waals surface area contributed by atoms with Crippen LogP contribution in [0.4, 0.5) is 17.1 Å². The summed E-state index contributed by atoms with van der Waals surface area (Å²) in [6.07, 6.45) is 2.51. The van der Waals surface area contributed by atoms with E-state index < -0.39 is 0 Å². The van der Waals surface area contributed by atoms with Gasteiger partial charge in [-0.2, -0.15) is 0 Å². The number of hydrogen-bond acceptors (Lipinski definition) is 3. The van der Waals surface area contributed by atoms with Crippen LogP contribution in [0.2, 0.25) is 0 Å². The Morgan fingerprint density at radius 2 is 1.94 bits per heavy atom. The average molecular weight is 219 g/mol. The third-order valence-corrected chi connectivity index (χ3v) is 3.54. The molecule has 0 amide bonds. The second-order valence-electron chi connectivity index (χ2n) is 4.99. The quantitative estimate of drug-likeness (QED) is 0.713. The Hall–Kier alpha value is -1.38. The topological polar surface area (TPSA) is 55.3 Å². The van der Waals surface area contributed by atoms with Gasteiger partial charge in [-0.05, 0) is 43.9 Å². The van der Waals surface area contributed by atoms with Gasteiger partial charge in [-0.3, -0.25) is 0 Å². The molecule has 0 aliphatic carbocycles. The Labute approximate surface area is 97.4 Å². The van der Waals surface area contributed by atoms with E-state index in [1.165, 1.54) is 18.5 Å². The summed E-state index contributed by atoms with van der Waals surface area (Å²) in [5, 5.41) is 0. The van der Waals surface area contributed by atoms with Crippen molar-refractivity contribution in [3.05, 3.63) is 18.2 Å². The number of rotatable bonds is 1. The smallest absolute Gasteiger partial charge is 0.0568 e. The Morgan fingerprint density at radius 3 is 2.56 bits per heavy atom. The van der Waals surface area contributed by atoms with Crippen LogP contribution in [-0.2, 0) is 0 Å². The van der Waals surface area contributed by atoms with Gasteiger partial charge in [0.25, 0.3) is 0 Å². The summed E-state index contributed by atoms with van der Waals surface area (Å²) >= 11 is 0. The van der Waals surface area contributed by atoms with E-state index in [1.807, 2.05) is 12.1 Å². The molecule has 0 spiro atoms. The van der Waals surface area contributed by atoms with Gasteiger partial charge in [0.2, 0.25) is 0 Å². The molecule has 88 valence electrons. The number of hydrogen-bond donors (Lipinski definition) is 2. The van der Waals surface area contributed by atoms with Crippen molar-refractivity contribution in [1.29, 1.82) is 0 Å². The molecule has 0 saturated carbocycles. The molecule has 16 heavy (non-hydrogen) atoms. The van der Waals surface area contributed by atoms with Gasteiger partial charge in [-0.15, -0.1) is 0 Å². The van der Waals surface area contributed by atoms with E-state index in [0.717, 1.165) is 12.5 Å². The Morgan fingerprint density at radius 1 is 1.19 bits per heavy atom. The van der Waals surface area contributed by atoms with E-state index in [4.69, 9.17) is 11.5 Å². The molecule has 2 unspecified atom stereocenters. The summed E-state index contributed by atoms with van der Waals surface area (Å²) in [6.45, 7) is 5.72. The van der Waals surface area contributed by atoms with E-state index >= 15 is 0 Å². The first-order chi connectivity index (χ1) is 7.58. The fourth-order valence-electron chi connectivity index (χ4n) is 2.53. The number of nitrogens with two attached hydrogens (primary N) is 2. The number of piperidine rings is 1. The molecular weight excluding hydrogens is 198 g/mol. The molecule has 2 rings (SSSR count). The maximum atomic E-state index is 5.85. The molecule has 0 aromatic heterocycles. The SMILES string of the molecule is CC1CCN(c2ccc(N)c(N)c2)C(C)C1. The van der Waals surface area contributed by atoms with Crippen molar-refractivity contribution in [3.63, 3.8) is 0 Å². The molecule has 0 bridgehead atoms. The summed E-state index contributed by atoms with van der Waals surface area (Å²) in [5.74, 6) is 0.831. The first-order valence-corrected chi connectivity index (χ1v) is 5.99. The number of benzene rings is 1. The van der Waals surface area contributed by atoms with Crippen LogP contribution in [0.25, 0.3) is 0 Å². The van der Waals surface area contributed by atoms with E-state index in [9.17, 15) is 0 Å². The molecule has 2 atom stereocenters. The van der Waals surface area contributed by atoms with Gasteiger partial charge in [0.15, 0.2) is 0 Å². The number of anilines is 3. The molecule has 4 N–H and O–H groups in total. The average Bonchev–Trinajstić information content (AvgIpc) is 2.22. The highest BCUT2D eigenvalue weighted by Crippen LogP contribution is 2.30. The molecular formula is C13H21N3. The van der Waals surface area contributed by atoms with Crippen LogP contribution in [0.15, 0.2) is 18.2 Å². The fraction of sp³-hybridized carbons (Fsp3) is 0.538. The minimum Gasteiger partial charge on any atom is -0.397 e. The lowest BCUT2D eigenvalue weighted by molar-refractivity contribution is 0.378. The first kappa shape index (κ1) is 11.1. The van der Waals surface area contributed by atoms with Gasteiger partial charge in [0.05, 0.1) is 11.4 Å². The van der Waals surface area contributed by atoms with Gasteiger partial charge in [0.1, 0.15) is 0 Å². The molecule has 1 aromatic rings. The lowest BCUT2D eigenvalue weighted by Crippen LogP contribution is -2.40. The van der Waals surface area contributed by atoms with Crippen LogP contribution in [0.3, 0.4) is 0 Å². The van der Waals surface area contributed by atoms with Crippen molar-refractivity contribution in [1.82, 2.24) is 0 Å². The normalized spacial score (nSPS) is 25.8. The molecule has 1 heterocycles. The molecule has 1 fully saturated rings. The number of nitrogen functional groups attached to an aromatic ring is 2. The highest BCUT2D eigenvalue weighted by molar-refractivity contribution is 5.70. The zero-order chi connectivity index (χ0) is 11.7. The monoisotopic (exact) mass is 219 g/mol. The maximum Gasteiger partial charge on any atom is 0.0568 e. The first-order valence-electron chi connectivity index (χ1n) is 5.99. The van der Waals surface area contributed by atoms with Crippen molar-refractivity contribution in [2.24, 2.45) is 5.92 Å². The summed E-state index contributed by atoms with van der Waals surface area (Å²) in [6, 6.07) is 6.54. The Kier molecular flexibility index (Phi) is 2.95. The van der Waals surface area contributed by atoms with Crippen LogP contribution in [0, 0.1) is 5.92 Å². The summed E-state index contributed by atoms with van der Waals surface area (Å²) in [7, 11) is 0. The second kappa shape index (κ2) is 4.24. The third kappa shape index (κ3) is 2.08. The van der Waals surface area contributed by atoms with Crippen molar-refractivity contribution >= 4 is 17.1 Å². The molecule has 1 aliphatic heterocycles. The van der Waals surface area contributed by atoms with E-state index in [0.29, 0.717) is 17.4 Å². The predicted molar refractivity (Wildman–Crippen MR) is 70.5 cm³/mol. The van der Waals surface area contributed by atoms with Crippen LogP contribution < -0.4 is 16.4 Å². The van der Waals surface area contributed by atoms with Crippen LogP contribution in [-0.4, -0.2) is 12.6 Å². The van der Waals surface area contributed by atoms with Gasteiger partial charge in [-0.1, -0.05) is 6.92 Å². The highest BCUT2D eigenvalue weighted by atomic mass is 15.2. The standard InChI is InChI=1S/C13H21N3/c1-9-5-6-16(10(2)7-9)11-3-4-12(14)13(15)8-11/h3-4,8-10H,5-7,14-15H2,1-2H3. The fourth-order valence-corrected chi connectivity index (χ4v) is 2.53. The van der Waals surface area contributed by atoms with E-state index in [2.05, 4.69) is 24.8 Å². The summed E-state index contributed by atoms with van der Waals surface area (Å²) in [5.41, 5.74) is 14.1. The van der Waals surface area contributed by atoms with Gasteiger partial charge >= 0.3 is 0 Å². The predicted octanol–water partition coefficient (Wildman–Crippen LogP) is 2.48. The molecule has 1 aromatic carbocycles. The van der Waals surface area contributed by atoms with Crippen molar-refractivity contribution < 1.29 is 0 Å². The van der Waals surface area contributed by atoms with Crippen LogP contribution in [0.5, 0.6) is 0 Å². The summed E-state index contributed by atoms with van der Waals surface area (Å²) < 4.78 is 0. The zero-order valence-corrected chi connectivity index (χ0v) is 10.1. The zero-order valence-electron chi connectivity index (χ0n) is 10.1. The molecule has 3 nitrogen and oxygen atoms in total. The molecule has 1 saturated heterocycles. The van der Waals surface area contributed by atoms with Crippen molar-refractivity contribution in [3.8, 4) is 0 Å². The Balaban J connectivity index is 2.20. The van der Waals surface area contributed by atoms with Crippen LogP contribution >= 0.6 is 0 Å². The third-order valence-electron chi connectivity index (χ3n) is 3.54. The lowest BCUT2D eigenvalue weighted by Gasteiger charge is -2.38. The highest BCUT2D eigenvalue weighted by Gasteiger charge is 2.23. The van der Waals surface area contributed by atoms with E-state index in [-0.39, 0.29) is 0 Å². The van der Waals surface area contributed by atoms with Gasteiger partial charge in [0, 0.05) is 18.3 Å². The van der Waals surface area contributed by atoms with Crippen molar-refractivity contribution in [2.45, 2.75) is 32.7 Å². The lowest BCUT2D eigenvalue weighted by atomic mass is 9.93. The molecule has 3 heteroatoms.